The Morgan fingerprint density at radius 1 is 1.00 bits per heavy atom. The second kappa shape index (κ2) is 4.21. The standard InChI is InChI=1S/C16H32N2/c1-11(2)17-10-12-9-13(17)14(15(3,4)5)18(12)16(6,7)8/h11-14H,9-10H2,1-8H3. The van der Waals surface area contributed by atoms with Crippen LogP contribution >= 0.6 is 0 Å². The summed E-state index contributed by atoms with van der Waals surface area (Å²) in [5, 5.41) is 0. The van der Waals surface area contributed by atoms with Crippen LogP contribution in [0.15, 0.2) is 0 Å². The van der Waals surface area contributed by atoms with Gasteiger partial charge in [-0.25, -0.2) is 0 Å². The largest absolute Gasteiger partial charge is 0.295 e. The summed E-state index contributed by atoms with van der Waals surface area (Å²) in [7, 11) is 0. The molecule has 0 amide bonds. The van der Waals surface area contributed by atoms with Gasteiger partial charge in [-0.1, -0.05) is 20.8 Å². The van der Waals surface area contributed by atoms with Crippen LogP contribution in [0.5, 0.6) is 0 Å². The number of fused-ring (bicyclic) bond motifs is 2. The first-order chi connectivity index (χ1) is 8.03. The smallest absolute Gasteiger partial charge is 0.0309 e. The zero-order valence-corrected chi connectivity index (χ0v) is 13.6. The number of nitrogens with zero attached hydrogens (tertiary/aromatic N) is 2. The van der Waals surface area contributed by atoms with Crippen LogP contribution in [-0.2, 0) is 0 Å². The van der Waals surface area contributed by atoms with E-state index in [0.717, 1.165) is 12.1 Å². The number of hydrogen-bond acceptors (Lipinski definition) is 2. The monoisotopic (exact) mass is 252 g/mol. The third-order valence-corrected chi connectivity index (χ3v) is 4.74. The third kappa shape index (κ3) is 2.22. The summed E-state index contributed by atoms with van der Waals surface area (Å²) in [6.45, 7) is 20.3. The molecule has 0 aliphatic carbocycles. The zero-order chi connectivity index (χ0) is 13.9. The van der Waals surface area contributed by atoms with Gasteiger partial charge in [0.05, 0.1) is 0 Å². The van der Waals surface area contributed by atoms with Crippen LogP contribution in [0, 0.1) is 5.41 Å². The second-order valence-electron chi connectivity index (χ2n) is 8.64. The maximum absolute atomic E-state index is 2.82. The topological polar surface area (TPSA) is 6.48 Å². The van der Waals surface area contributed by atoms with Gasteiger partial charge < -0.3 is 0 Å². The molecule has 3 atom stereocenters. The van der Waals surface area contributed by atoms with Gasteiger partial charge in [0.15, 0.2) is 0 Å². The Bertz CT molecular complexity index is 308. The lowest BCUT2D eigenvalue weighted by Gasteiger charge is -2.53. The molecule has 2 rings (SSSR count). The Kier molecular flexibility index (Phi) is 3.35. The summed E-state index contributed by atoms with van der Waals surface area (Å²) in [4.78, 5) is 5.55. The first-order valence-electron chi connectivity index (χ1n) is 7.57. The molecule has 106 valence electrons. The Balaban J connectivity index is 2.32. The van der Waals surface area contributed by atoms with Crippen molar-refractivity contribution in [2.75, 3.05) is 6.54 Å². The first kappa shape index (κ1) is 14.3. The molecule has 0 aromatic heterocycles. The molecule has 2 fully saturated rings. The van der Waals surface area contributed by atoms with Gasteiger partial charge in [0.1, 0.15) is 0 Å². The summed E-state index contributed by atoms with van der Waals surface area (Å²) in [6, 6.07) is 2.90. The fraction of sp³-hybridized carbons (Fsp3) is 1.00. The van der Waals surface area contributed by atoms with Gasteiger partial charge in [-0.3, -0.25) is 9.80 Å². The van der Waals surface area contributed by atoms with Gasteiger partial charge in [0.25, 0.3) is 0 Å². The lowest BCUT2D eigenvalue weighted by molar-refractivity contribution is -0.0472. The molecule has 0 aromatic rings. The van der Waals surface area contributed by atoms with E-state index in [1.165, 1.54) is 13.0 Å². The Hall–Kier alpha value is -0.0800. The molecule has 2 aliphatic heterocycles. The minimum Gasteiger partial charge on any atom is -0.295 e. The van der Waals surface area contributed by atoms with Crippen LogP contribution in [0.2, 0.25) is 0 Å². The highest BCUT2D eigenvalue weighted by Crippen LogP contribution is 2.47. The average Bonchev–Trinajstić information content (AvgIpc) is 2.69. The van der Waals surface area contributed by atoms with Crippen LogP contribution in [0.4, 0.5) is 0 Å². The summed E-state index contributed by atoms with van der Waals surface area (Å²) < 4.78 is 0. The minimum absolute atomic E-state index is 0.292. The van der Waals surface area contributed by atoms with Crippen LogP contribution in [0.3, 0.4) is 0 Å². The van der Waals surface area contributed by atoms with Crippen molar-refractivity contribution >= 4 is 0 Å². The Labute approximate surface area is 114 Å². The highest BCUT2D eigenvalue weighted by atomic mass is 15.4. The van der Waals surface area contributed by atoms with Crippen molar-refractivity contribution in [3.8, 4) is 0 Å². The molecule has 0 spiro atoms. The van der Waals surface area contributed by atoms with Crippen LogP contribution in [-0.4, -0.2) is 46.1 Å². The van der Waals surface area contributed by atoms with Crippen molar-refractivity contribution in [2.24, 2.45) is 5.41 Å². The van der Waals surface area contributed by atoms with Gasteiger partial charge in [0, 0.05) is 36.3 Å². The molecule has 2 nitrogen and oxygen atoms in total. The quantitative estimate of drug-likeness (QED) is 0.706. The number of hydrogen-bond donors (Lipinski definition) is 0. The zero-order valence-electron chi connectivity index (χ0n) is 13.6. The van der Waals surface area contributed by atoms with Gasteiger partial charge in [-0.05, 0) is 46.5 Å². The molecule has 0 aromatic carbocycles. The van der Waals surface area contributed by atoms with Crippen molar-refractivity contribution in [1.29, 1.82) is 0 Å². The van der Waals surface area contributed by atoms with Crippen molar-refractivity contribution in [3.63, 3.8) is 0 Å². The number of likely N-dealkylation sites (tertiary alicyclic amines) is 2. The average molecular weight is 252 g/mol. The molecule has 18 heavy (non-hydrogen) atoms. The predicted molar refractivity (Wildman–Crippen MR) is 78.9 cm³/mol. The summed E-state index contributed by atoms with van der Waals surface area (Å²) in [5.74, 6) is 0. The van der Waals surface area contributed by atoms with E-state index in [9.17, 15) is 0 Å². The molecule has 2 heterocycles. The van der Waals surface area contributed by atoms with E-state index in [-0.39, 0.29) is 0 Å². The molecule has 0 N–H and O–H groups in total. The van der Waals surface area contributed by atoms with Crippen molar-refractivity contribution < 1.29 is 0 Å². The fourth-order valence-electron chi connectivity index (χ4n) is 4.34. The minimum atomic E-state index is 0.292. The number of rotatable bonds is 1. The van der Waals surface area contributed by atoms with E-state index >= 15 is 0 Å². The highest BCUT2D eigenvalue weighted by Gasteiger charge is 2.56. The van der Waals surface area contributed by atoms with Crippen LogP contribution < -0.4 is 0 Å². The van der Waals surface area contributed by atoms with E-state index in [1.54, 1.807) is 0 Å². The molecule has 0 radical (unpaired) electrons. The molecule has 3 unspecified atom stereocenters. The highest BCUT2D eigenvalue weighted by molar-refractivity contribution is 5.12. The van der Waals surface area contributed by atoms with Crippen molar-refractivity contribution in [2.45, 2.75) is 91.5 Å². The molecule has 0 saturated carbocycles. The van der Waals surface area contributed by atoms with E-state index in [2.05, 4.69) is 65.2 Å². The van der Waals surface area contributed by atoms with Crippen molar-refractivity contribution in [1.82, 2.24) is 9.80 Å². The van der Waals surface area contributed by atoms with E-state index < -0.39 is 0 Å². The molecular weight excluding hydrogens is 220 g/mol. The van der Waals surface area contributed by atoms with Gasteiger partial charge in [-0.2, -0.15) is 0 Å². The summed E-state index contributed by atoms with van der Waals surface area (Å²) in [6.07, 6.45) is 1.37. The van der Waals surface area contributed by atoms with Crippen LogP contribution in [0.25, 0.3) is 0 Å². The van der Waals surface area contributed by atoms with E-state index in [4.69, 9.17) is 0 Å². The molecule has 2 saturated heterocycles. The SMILES string of the molecule is CC(C)N1CC2CC1C(C(C)(C)C)N2C(C)(C)C. The Morgan fingerprint density at radius 2 is 1.56 bits per heavy atom. The van der Waals surface area contributed by atoms with Gasteiger partial charge in [-0.15, -0.1) is 0 Å². The van der Waals surface area contributed by atoms with E-state index in [1.807, 2.05) is 0 Å². The normalized spacial score (nSPS) is 34.8. The Morgan fingerprint density at radius 3 is 1.94 bits per heavy atom. The predicted octanol–water partition coefficient (Wildman–Crippen LogP) is 3.37. The maximum Gasteiger partial charge on any atom is 0.0309 e. The lowest BCUT2D eigenvalue weighted by Crippen LogP contribution is -2.64. The fourth-order valence-corrected chi connectivity index (χ4v) is 4.34. The van der Waals surface area contributed by atoms with Crippen LogP contribution in [0.1, 0.15) is 61.8 Å². The molecular formula is C16H32N2. The van der Waals surface area contributed by atoms with Gasteiger partial charge >= 0.3 is 0 Å². The molecule has 2 heteroatoms. The first-order valence-corrected chi connectivity index (χ1v) is 7.57. The lowest BCUT2D eigenvalue weighted by atomic mass is 9.80. The molecule has 2 bridgehead atoms. The maximum atomic E-state index is 2.82. The third-order valence-electron chi connectivity index (χ3n) is 4.74. The molecule has 2 aliphatic rings. The summed E-state index contributed by atoms with van der Waals surface area (Å²) >= 11 is 0. The van der Waals surface area contributed by atoms with Gasteiger partial charge in [0.2, 0.25) is 0 Å². The van der Waals surface area contributed by atoms with Crippen molar-refractivity contribution in [3.05, 3.63) is 0 Å². The second-order valence-corrected chi connectivity index (χ2v) is 8.64. The van der Waals surface area contributed by atoms with E-state index in [0.29, 0.717) is 23.0 Å². The summed E-state index contributed by atoms with van der Waals surface area (Å²) in [5.41, 5.74) is 0.653. The number of piperazine rings is 1.